The van der Waals surface area contributed by atoms with E-state index in [1.165, 1.54) is 7.14 Å². The summed E-state index contributed by atoms with van der Waals surface area (Å²) in [7, 11) is 3.30. The van der Waals surface area contributed by atoms with Crippen molar-refractivity contribution in [1.82, 2.24) is 0 Å². The van der Waals surface area contributed by atoms with Crippen molar-refractivity contribution < 1.29 is 35.4 Å². The Kier molecular flexibility index (Phi) is 5.47. The van der Waals surface area contributed by atoms with Crippen molar-refractivity contribution in [1.29, 1.82) is 0 Å². The zero-order valence-electron chi connectivity index (χ0n) is 10.9. The van der Waals surface area contributed by atoms with Crippen LogP contribution in [0.3, 0.4) is 0 Å². The number of hydrogen-bond donors (Lipinski definition) is 0. The third kappa shape index (κ3) is 4.40. The topological polar surface area (TPSA) is 27.7 Å². The van der Waals surface area contributed by atoms with E-state index in [0.29, 0.717) is 0 Å². The SMILES string of the molecule is COCOc1ccc([I+]c2ccc(OC)cc2)cc1. The molecule has 2 aromatic carbocycles. The third-order valence-corrected chi connectivity index (χ3v) is 5.11. The molecule has 0 atom stereocenters. The van der Waals surface area contributed by atoms with Crippen LogP contribution in [0.1, 0.15) is 0 Å². The van der Waals surface area contributed by atoms with Crippen LogP contribution in [0.25, 0.3) is 0 Å². The van der Waals surface area contributed by atoms with Crippen LogP contribution >= 0.6 is 0 Å². The molecule has 0 aliphatic rings. The Morgan fingerprint density at radius 1 is 0.789 bits per heavy atom. The Labute approximate surface area is 123 Å². The summed E-state index contributed by atoms with van der Waals surface area (Å²) in [6, 6.07) is 16.5. The van der Waals surface area contributed by atoms with E-state index in [0.717, 1.165) is 11.5 Å². The zero-order valence-corrected chi connectivity index (χ0v) is 13.1. The molecule has 0 aliphatic carbocycles. The Morgan fingerprint density at radius 2 is 1.32 bits per heavy atom. The third-order valence-electron chi connectivity index (χ3n) is 2.42. The Balaban J connectivity index is 1.98. The van der Waals surface area contributed by atoms with Gasteiger partial charge in [-0.3, -0.25) is 0 Å². The maximum absolute atomic E-state index is 5.36. The van der Waals surface area contributed by atoms with Gasteiger partial charge in [0.1, 0.15) is 11.5 Å². The predicted octanol–water partition coefficient (Wildman–Crippen LogP) is -0.194. The minimum Gasteiger partial charge on any atom is -0.497 e. The minimum atomic E-state index is -0.158. The molecule has 0 fully saturated rings. The van der Waals surface area contributed by atoms with Gasteiger partial charge in [0.2, 0.25) is 0 Å². The first-order chi connectivity index (χ1) is 9.31. The maximum Gasteiger partial charge on any atom is 0.357 e. The van der Waals surface area contributed by atoms with Crippen molar-refractivity contribution in [2.45, 2.75) is 0 Å². The monoisotopic (exact) mass is 371 g/mol. The Bertz CT molecular complexity index is 494. The van der Waals surface area contributed by atoms with Gasteiger partial charge in [0.25, 0.3) is 0 Å². The second-order valence-corrected chi connectivity index (χ2v) is 6.79. The number of rotatable bonds is 6. The van der Waals surface area contributed by atoms with Gasteiger partial charge in [-0.1, -0.05) is 0 Å². The van der Waals surface area contributed by atoms with Crippen LogP contribution in [0.2, 0.25) is 0 Å². The van der Waals surface area contributed by atoms with Crippen molar-refractivity contribution in [3.05, 3.63) is 55.7 Å². The molecule has 2 aromatic rings. The van der Waals surface area contributed by atoms with Crippen molar-refractivity contribution >= 4 is 0 Å². The molecule has 2 rings (SSSR count). The molecule has 100 valence electrons. The Morgan fingerprint density at radius 3 is 1.79 bits per heavy atom. The summed E-state index contributed by atoms with van der Waals surface area (Å²) in [4.78, 5) is 0. The van der Waals surface area contributed by atoms with E-state index in [4.69, 9.17) is 14.2 Å². The van der Waals surface area contributed by atoms with Gasteiger partial charge in [-0.05, 0) is 48.5 Å². The van der Waals surface area contributed by atoms with Crippen LogP contribution in [0.5, 0.6) is 11.5 Å². The molecule has 0 spiro atoms. The number of methoxy groups -OCH3 is 2. The molecule has 0 radical (unpaired) electrons. The van der Waals surface area contributed by atoms with E-state index in [1.807, 2.05) is 24.3 Å². The highest BCUT2D eigenvalue weighted by Gasteiger charge is 2.15. The number of halogens is 1. The largest absolute Gasteiger partial charge is 0.497 e. The van der Waals surface area contributed by atoms with Crippen molar-refractivity contribution in [2.24, 2.45) is 0 Å². The second kappa shape index (κ2) is 7.35. The normalized spacial score (nSPS) is 10.2. The fourth-order valence-corrected chi connectivity index (χ4v) is 3.64. The van der Waals surface area contributed by atoms with E-state index in [1.54, 1.807) is 14.2 Å². The van der Waals surface area contributed by atoms with Crippen LogP contribution in [0.15, 0.2) is 48.5 Å². The standard InChI is InChI=1S/C15H16IO3/c1-17-11-19-15-9-5-13(6-10-15)16-12-3-7-14(18-2)8-4-12/h3-10H,11H2,1-2H3/q+1. The molecule has 0 aliphatic heterocycles. The lowest BCUT2D eigenvalue weighted by Crippen LogP contribution is -3.61. The molecule has 19 heavy (non-hydrogen) atoms. The molecule has 0 bridgehead atoms. The second-order valence-electron chi connectivity index (χ2n) is 3.76. The quantitative estimate of drug-likeness (QED) is 0.521. The summed E-state index contributed by atoms with van der Waals surface area (Å²) in [6.07, 6.45) is 0. The van der Waals surface area contributed by atoms with E-state index in [9.17, 15) is 0 Å². The lowest BCUT2D eigenvalue weighted by Gasteiger charge is -2.02. The molecule has 0 heterocycles. The minimum absolute atomic E-state index is 0.158. The molecule has 0 aromatic heterocycles. The number of hydrogen-bond acceptors (Lipinski definition) is 3. The van der Waals surface area contributed by atoms with Gasteiger partial charge >= 0.3 is 21.2 Å². The van der Waals surface area contributed by atoms with Crippen LogP contribution in [-0.2, 0) is 4.74 Å². The fourth-order valence-electron chi connectivity index (χ4n) is 1.48. The highest BCUT2D eigenvalue weighted by atomic mass is 127. The molecular weight excluding hydrogens is 355 g/mol. The molecule has 0 unspecified atom stereocenters. The van der Waals surface area contributed by atoms with E-state index >= 15 is 0 Å². The molecule has 0 amide bonds. The molecule has 0 saturated heterocycles. The average Bonchev–Trinajstić information content (AvgIpc) is 2.47. The van der Waals surface area contributed by atoms with Gasteiger partial charge < -0.3 is 14.2 Å². The Hall–Kier alpha value is -1.27. The molecular formula is C15H16IO3+. The van der Waals surface area contributed by atoms with E-state index in [-0.39, 0.29) is 28.0 Å². The summed E-state index contributed by atoms with van der Waals surface area (Å²) in [5.74, 6) is 1.74. The number of ether oxygens (including phenoxy) is 3. The summed E-state index contributed by atoms with van der Waals surface area (Å²) >= 11 is -0.158. The highest BCUT2D eigenvalue weighted by molar-refractivity contribution is 5.22. The van der Waals surface area contributed by atoms with Crippen LogP contribution < -0.4 is 30.7 Å². The van der Waals surface area contributed by atoms with Crippen molar-refractivity contribution in [3.8, 4) is 11.5 Å². The zero-order chi connectivity index (χ0) is 13.5. The molecule has 3 nitrogen and oxygen atoms in total. The van der Waals surface area contributed by atoms with Crippen LogP contribution in [-0.4, -0.2) is 21.0 Å². The molecule has 0 N–H and O–H groups in total. The summed E-state index contributed by atoms with van der Waals surface area (Å²) in [5, 5.41) is 0. The lowest BCUT2D eigenvalue weighted by atomic mass is 10.3. The smallest absolute Gasteiger partial charge is 0.357 e. The van der Waals surface area contributed by atoms with Crippen molar-refractivity contribution in [3.63, 3.8) is 0 Å². The lowest BCUT2D eigenvalue weighted by molar-refractivity contribution is -0.597. The van der Waals surface area contributed by atoms with E-state index in [2.05, 4.69) is 24.3 Å². The van der Waals surface area contributed by atoms with Crippen molar-refractivity contribution in [2.75, 3.05) is 21.0 Å². The average molecular weight is 371 g/mol. The van der Waals surface area contributed by atoms with Gasteiger partial charge in [0.05, 0.1) is 7.11 Å². The van der Waals surface area contributed by atoms with Gasteiger partial charge in [0.15, 0.2) is 13.9 Å². The summed E-state index contributed by atoms with van der Waals surface area (Å²) in [6.45, 7) is 0.285. The molecule has 0 saturated carbocycles. The van der Waals surface area contributed by atoms with Crippen LogP contribution in [0.4, 0.5) is 0 Å². The first-order valence-electron chi connectivity index (χ1n) is 5.82. The van der Waals surface area contributed by atoms with Gasteiger partial charge in [-0.25, -0.2) is 0 Å². The first-order valence-corrected chi connectivity index (χ1v) is 7.98. The van der Waals surface area contributed by atoms with Gasteiger partial charge in [-0.15, -0.1) is 0 Å². The summed E-state index contributed by atoms with van der Waals surface area (Å²) in [5.41, 5.74) is 0. The number of benzene rings is 2. The maximum atomic E-state index is 5.36. The van der Waals surface area contributed by atoms with E-state index < -0.39 is 0 Å². The van der Waals surface area contributed by atoms with Crippen LogP contribution in [0, 0.1) is 7.14 Å². The van der Waals surface area contributed by atoms with Gasteiger partial charge in [-0.2, -0.15) is 0 Å². The first kappa shape index (κ1) is 14.1. The highest BCUT2D eigenvalue weighted by Crippen LogP contribution is 2.08. The fraction of sp³-hybridized carbons (Fsp3) is 0.200. The summed E-state index contributed by atoms with van der Waals surface area (Å²) < 4.78 is 18.1. The predicted molar refractivity (Wildman–Crippen MR) is 69.3 cm³/mol. The molecule has 4 heteroatoms. The van der Waals surface area contributed by atoms with Gasteiger partial charge in [0, 0.05) is 7.11 Å².